The van der Waals surface area contributed by atoms with Crippen molar-refractivity contribution in [3.05, 3.63) is 90.1 Å². The summed E-state index contributed by atoms with van der Waals surface area (Å²) in [7, 11) is 0. The van der Waals surface area contributed by atoms with E-state index in [9.17, 15) is 4.79 Å². The zero-order valence-corrected chi connectivity index (χ0v) is 15.4. The molecular weight excluding hydrogens is 344 g/mol. The number of thiocarbonyl (C=S) groups is 1. The molecule has 3 aromatic rings. The molecule has 0 unspecified atom stereocenters. The van der Waals surface area contributed by atoms with Gasteiger partial charge in [0.2, 0.25) is 5.78 Å². The first-order valence-corrected chi connectivity index (χ1v) is 8.99. The Morgan fingerprint density at radius 1 is 1.12 bits per heavy atom. The largest absolute Gasteiger partial charge is 0.467 e. The monoisotopic (exact) mass is 365 g/mol. The first-order chi connectivity index (χ1) is 12.7. The van der Waals surface area contributed by atoms with Crippen molar-refractivity contribution in [1.82, 2.24) is 5.32 Å². The van der Waals surface area contributed by atoms with Gasteiger partial charge < -0.3 is 9.73 Å². The Kier molecular flexibility index (Phi) is 5.92. The van der Waals surface area contributed by atoms with E-state index in [1.165, 1.54) is 5.56 Å². The molecular formula is C21H21N2O2S+. The quantitative estimate of drug-likeness (QED) is 0.394. The number of aromatic nitrogens is 1. The van der Waals surface area contributed by atoms with Gasteiger partial charge in [-0.15, -0.1) is 0 Å². The third kappa shape index (κ3) is 4.24. The van der Waals surface area contributed by atoms with E-state index in [-0.39, 0.29) is 5.78 Å². The van der Waals surface area contributed by atoms with E-state index in [1.807, 2.05) is 71.6 Å². The maximum atomic E-state index is 13.2. The molecule has 0 spiro atoms. The van der Waals surface area contributed by atoms with Crippen LogP contribution in [0.2, 0.25) is 0 Å². The van der Waals surface area contributed by atoms with Crippen LogP contribution < -0.4 is 9.88 Å². The molecule has 0 saturated heterocycles. The van der Waals surface area contributed by atoms with Crippen molar-refractivity contribution in [1.29, 1.82) is 0 Å². The summed E-state index contributed by atoms with van der Waals surface area (Å²) < 4.78 is 7.15. The first-order valence-electron chi connectivity index (χ1n) is 8.58. The fourth-order valence-corrected chi connectivity index (χ4v) is 3.02. The summed E-state index contributed by atoms with van der Waals surface area (Å²) in [6.07, 6.45) is 6.26. The lowest BCUT2D eigenvalue weighted by molar-refractivity contribution is -0.692. The third-order valence-corrected chi connectivity index (χ3v) is 4.56. The van der Waals surface area contributed by atoms with Crippen molar-refractivity contribution in [3.63, 3.8) is 0 Å². The van der Waals surface area contributed by atoms with Crippen LogP contribution in [0.3, 0.4) is 0 Å². The second-order valence-corrected chi connectivity index (χ2v) is 6.38. The van der Waals surface area contributed by atoms with E-state index < -0.39 is 6.04 Å². The Balaban J connectivity index is 1.84. The fourth-order valence-electron chi connectivity index (χ4n) is 2.72. The molecule has 0 amide bonds. The predicted molar refractivity (Wildman–Crippen MR) is 104 cm³/mol. The molecule has 0 bridgehead atoms. The van der Waals surface area contributed by atoms with E-state index in [4.69, 9.17) is 16.6 Å². The van der Waals surface area contributed by atoms with Gasteiger partial charge in [-0.25, -0.2) is 0 Å². The molecule has 5 heteroatoms. The molecule has 1 N–H and O–H groups in total. The standard InChI is InChI=1S/C21H20N2O2S/c1-2-16-8-10-17(11-9-16)20(24)19(23-12-4-3-5-13-23)21(26)22-15-18-7-6-14-25-18/h3-14,19H,2,15H2,1H3/p+1/t19-/m0/s1. The number of hydrogen-bond donors (Lipinski definition) is 1. The smallest absolute Gasteiger partial charge is 0.270 e. The van der Waals surface area contributed by atoms with Gasteiger partial charge in [0.15, 0.2) is 17.4 Å². The normalized spacial score (nSPS) is 11.7. The Labute approximate surface area is 158 Å². The van der Waals surface area contributed by atoms with Crippen LogP contribution in [0.15, 0.2) is 77.7 Å². The van der Waals surface area contributed by atoms with Gasteiger partial charge in [-0.05, 0) is 24.1 Å². The maximum absolute atomic E-state index is 13.2. The molecule has 0 aliphatic carbocycles. The fraction of sp³-hybridized carbons (Fsp3) is 0.190. The molecule has 3 rings (SSSR count). The van der Waals surface area contributed by atoms with Crippen LogP contribution in [-0.4, -0.2) is 10.8 Å². The number of rotatable bonds is 7. The van der Waals surface area contributed by atoms with Crippen LogP contribution in [0.25, 0.3) is 0 Å². The van der Waals surface area contributed by atoms with Crippen molar-refractivity contribution in [3.8, 4) is 0 Å². The maximum Gasteiger partial charge on any atom is 0.270 e. The summed E-state index contributed by atoms with van der Waals surface area (Å²) in [6.45, 7) is 2.53. The molecule has 2 heterocycles. The lowest BCUT2D eigenvalue weighted by Crippen LogP contribution is -2.51. The van der Waals surface area contributed by atoms with E-state index in [0.29, 0.717) is 17.1 Å². The van der Waals surface area contributed by atoms with Crippen molar-refractivity contribution in [2.75, 3.05) is 0 Å². The Hall–Kier alpha value is -2.79. The highest BCUT2D eigenvalue weighted by atomic mass is 32.1. The molecule has 0 aliphatic heterocycles. The second-order valence-electron chi connectivity index (χ2n) is 5.94. The topological polar surface area (TPSA) is 46.1 Å². The van der Waals surface area contributed by atoms with Gasteiger partial charge in [0.25, 0.3) is 6.04 Å². The van der Waals surface area contributed by atoms with Gasteiger partial charge in [-0.1, -0.05) is 49.5 Å². The number of carbonyl (C=O) groups is 1. The van der Waals surface area contributed by atoms with Gasteiger partial charge in [0, 0.05) is 17.7 Å². The minimum absolute atomic E-state index is 0.0409. The molecule has 1 atom stereocenters. The Morgan fingerprint density at radius 3 is 2.46 bits per heavy atom. The minimum Gasteiger partial charge on any atom is -0.467 e. The van der Waals surface area contributed by atoms with Gasteiger partial charge in [-0.2, -0.15) is 4.57 Å². The van der Waals surface area contributed by atoms with Gasteiger partial charge in [-0.3, -0.25) is 4.79 Å². The van der Waals surface area contributed by atoms with Gasteiger partial charge >= 0.3 is 0 Å². The molecule has 0 radical (unpaired) electrons. The average molecular weight is 365 g/mol. The highest BCUT2D eigenvalue weighted by Gasteiger charge is 2.33. The predicted octanol–water partition coefficient (Wildman–Crippen LogP) is 3.67. The number of Topliss-reactive ketones (excluding diaryl/α,β-unsaturated/α-hetero) is 1. The SMILES string of the molecule is CCc1ccc(C(=O)[C@@H](C(=S)NCc2ccco2)[n+]2ccccc2)cc1. The molecule has 4 nitrogen and oxygen atoms in total. The zero-order valence-electron chi connectivity index (χ0n) is 14.6. The average Bonchev–Trinajstić information content (AvgIpc) is 3.21. The van der Waals surface area contributed by atoms with Crippen molar-refractivity contribution in [2.24, 2.45) is 0 Å². The lowest BCUT2D eigenvalue weighted by atomic mass is 10.0. The number of nitrogens with one attached hydrogen (secondary N) is 1. The summed E-state index contributed by atoms with van der Waals surface area (Å²) in [4.78, 5) is 13.6. The van der Waals surface area contributed by atoms with E-state index in [2.05, 4.69) is 12.2 Å². The van der Waals surface area contributed by atoms with Crippen LogP contribution >= 0.6 is 12.2 Å². The number of benzene rings is 1. The lowest BCUT2D eigenvalue weighted by Gasteiger charge is -2.14. The number of nitrogens with zero attached hydrogens (tertiary/aromatic N) is 1. The third-order valence-electron chi connectivity index (χ3n) is 4.20. The summed E-state index contributed by atoms with van der Waals surface area (Å²) in [5.41, 5.74) is 1.84. The number of carbonyl (C=O) groups excluding carboxylic acids is 1. The molecule has 0 fully saturated rings. The zero-order chi connectivity index (χ0) is 18.4. The molecule has 1 aromatic carbocycles. The van der Waals surface area contributed by atoms with Crippen LogP contribution in [0.4, 0.5) is 0 Å². The van der Waals surface area contributed by atoms with Gasteiger partial charge in [0.1, 0.15) is 5.76 Å². The Morgan fingerprint density at radius 2 is 1.85 bits per heavy atom. The minimum atomic E-state index is -0.603. The van der Waals surface area contributed by atoms with E-state index >= 15 is 0 Å². The summed E-state index contributed by atoms with van der Waals surface area (Å²) in [5.74, 6) is 0.727. The summed E-state index contributed by atoms with van der Waals surface area (Å²) >= 11 is 5.56. The molecule has 26 heavy (non-hydrogen) atoms. The number of hydrogen-bond acceptors (Lipinski definition) is 3. The summed E-state index contributed by atoms with van der Waals surface area (Å²) in [5, 5.41) is 3.15. The molecule has 0 saturated carbocycles. The Bertz CT molecular complexity index is 859. The van der Waals surface area contributed by atoms with Gasteiger partial charge in [0.05, 0.1) is 12.8 Å². The van der Waals surface area contributed by atoms with Crippen molar-refractivity contribution >= 4 is 23.0 Å². The van der Waals surface area contributed by atoms with Crippen molar-refractivity contribution < 1.29 is 13.8 Å². The highest BCUT2D eigenvalue weighted by Crippen LogP contribution is 2.13. The van der Waals surface area contributed by atoms with Crippen LogP contribution in [0.1, 0.15) is 34.6 Å². The van der Waals surface area contributed by atoms with Crippen LogP contribution in [0.5, 0.6) is 0 Å². The molecule has 0 aliphatic rings. The van der Waals surface area contributed by atoms with Crippen LogP contribution in [0, 0.1) is 0 Å². The van der Waals surface area contributed by atoms with E-state index in [0.717, 1.165) is 12.2 Å². The van der Waals surface area contributed by atoms with E-state index in [1.54, 1.807) is 6.26 Å². The second kappa shape index (κ2) is 8.54. The summed E-state index contributed by atoms with van der Waals surface area (Å²) in [6, 6.07) is 16.5. The van der Waals surface area contributed by atoms with Crippen LogP contribution in [-0.2, 0) is 13.0 Å². The number of pyridine rings is 1. The number of ketones is 1. The number of aryl methyl sites for hydroxylation is 1. The highest BCUT2D eigenvalue weighted by molar-refractivity contribution is 7.80. The molecule has 132 valence electrons. The number of furan rings is 1. The van der Waals surface area contributed by atoms with Crippen molar-refractivity contribution in [2.45, 2.75) is 25.9 Å². The molecule has 2 aromatic heterocycles. The first kappa shape index (κ1) is 18.0.